The van der Waals surface area contributed by atoms with E-state index in [9.17, 15) is 0 Å². The standard InChI is InChI=1S/C19H22N6/c1-2-15(1)14-23-9-11-24(12-10-23)18-19-22-13-17(25(19)8-7-21-18)16-3-5-20-6-4-16/h3-8,13,15H,1-2,9-12,14H2. The fourth-order valence-electron chi connectivity index (χ4n) is 3.67. The van der Waals surface area contributed by atoms with Gasteiger partial charge in [-0.25, -0.2) is 9.97 Å². The van der Waals surface area contributed by atoms with Crippen LogP contribution in [0.4, 0.5) is 5.82 Å². The molecule has 0 unspecified atom stereocenters. The van der Waals surface area contributed by atoms with E-state index < -0.39 is 0 Å². The minimum absolute atomic E-state index is 0.935. The molecule has 1 aliphatic heterocycles. The van der Waals surface area contributed by atoms with E-state index in [0.717, 1.165) is 54.8 Å². The third-order valence-electron chi connectivity index (χ3n) is 5.27. The zero-order valence-electron chi connectivity index (χ0n) is 14.3. The van der Waals surface area contributed by atoms with E-state index in [-0.39, 0.29) is 0 Å². The van der Waals surface area contributed by atoms with E-state index in [1.165, 1.54) is 19.4 Å². The van der Waals surface area contributed by atoms with E-state index in [2.05, 4.69) is 29.2 Å². The summed E-state index contributed by atoms with van der Waals surface area (Å²) in [6.45, 7) is 5.57. The lowest BCUT2D eigenvalue weighted by Gasteiger charge is -2.35. The Bertz CT molecular complexity index is 862. The second-order valence-corrected chi connectivity index (χ2v) is 7.05. The Morgan fingerprint density at radius 1 is 0.960 bits per heavy atom. The summed E-state index contributed by atoms with van der Waals surface area (Å²) in [4.78, 5) is 18.4. The van der Waals surface area contributed by atoms with Crippen molar-refractivity contribution >= 4 is 11.5 Å². The van der Waals surface area contributed by atoms with Gasteiger partial charge in [0.2, 0.25) is 0 Å². The summed E-state index contributed by atoms with van der Waals surface area (Å²) >= 11 is 0. The van der Waals surface area contributed by atoms with Crippen molar-refractivity contribution in [2.75, 3.05) is 37.6 Å². The van der Waals surface area contributed by atoms with E-state index >= 15 is 0 Å². The van der Waals surface area contributed by atoms with Gasteiger partial charge in [0.15, 0.2) is 11.5 Å². The molecule has 5 rings (SSSR count). The third-order valence-corrected chi connectivity index (χ3v) is 5.27. The van der Waals surface area contributed by atoms with Crippen molar-refractivity contribution in [2.45, 2.75) is 12.8 Å². The number of anilines is 1. The normalized spacial score (nSPS) is 18.8. The molecule has 0 atom stereocenters. The second kappa shape index (κ2) is 6.11. The van der Waals surface area contributed by atoms with Crippen molar-refractivity contribution in [1.29, 1.82) is 0 Å². The summed E-state index contributed by atoms with van der Waals surface area (Å²) in [6, 6.07) is 4.03. The summed E-state index contributed by atoms with van der Waals surface area (Å²) < 4.78 is 2.13. The lowest BCUT2D eigenvalue weighted by atomic mass is 10.2. The third kappa shape index (κ3) is 2.87. The highest BCUT2D eigenvalue weighted by molar-refractivity contribution is 5.71. The molecule has 1 saturated carbocycles. The summed E-state index contributed by atoms with van der Waals surface area (Å²) in [5, 5.41) is 0. The van der Waals surface area contributed by atoms with E-state index in [1.54, 1.807) is 0 Å². The molecule has 3 aromatic heterocycles. The largest absolute Gasteiger partial charge is 0.351 e. The predicted octanol–water partition coefficient (Wildman–Crippen LogP) is 2.32. The van der Waals surface area contributed by atoms with Gasteiger partial charge in [-0.1, -0.05) is 0 Å². The summed E-state index contributed by atoms with van der Waals surface area (Å²) in [5.41, 5.74) is 3.13. The van der Waals surface area contributed by atoms with Gasteiger partial charge in [-0.2, -0.15) is 0 Å². The fourth-order valence-corrected chi connectivity index (χ4v) is 3.67. The number of fused-ring (bicyclic) bond motifs is 1. The molecule has 6 nitrogen and oxygen atoms in total. The highest BCUT2D eigenvalue weighted by Gasteiger charge is 2.27. The lowest BCUT2D eigenvalue weighted by Crippen LogP contribution is -2.47. The quantitative estimate of drug-likeness (QED) is 0.733. The van der Waals surface area contributed by atoms with Gasteiger partial charge in [-0.05, 0) is 30.9 Å². The van der Waals surface area contributed by atoms with E-state index in [0.29, 0.717) is 0 Å². The SMILES string of the molecule is c1cc(-c2cnc3c(N4CCN(CC5CC5)CC4)nccn23)ccn1. The molecule has 0 aromatic carbocycles. The van der Waals surface area contributed by atoms with Crippen molar-refractivity contribution in [1.82, 2.24) is 24.3 Å². The van der Waals surface area contributed by atoms with Crippen LogP contribution in [0.5, 0.6) is 0 Å². The molecule has 4 heterocycles. The molecular weight excluding hydrogens is 312 g/mol. The monoisotopic (exact) mass is 334 g/mol. The van der Waals surface area contributed by atoms with E-state index in [4.69, 9.17) is 0 Å². The van der Waals surface area contributed by atoms with Crippen LogP contribution in [-0.2, 0) is 0 Å². The van der Waals surface area contributed by atoms with Gasteiger partial charge < -0.3 is 4.90 Å². The molecule has 2 aliphatic rings. The zero-order valence-corrected chi connectivity index (χ0v) is 14.3. The number of nitrogens with zero attached hydrogens (tertiary/aromatic N) is 6. The van der Waals surface area contributed by atoms with Gasteiger partial charge in [-0.15, -0.1) is 0 Å². The minimum Gasteiger partial charge on any atom is -0.351 e. The van der Waals surface area contributed by atoms with Crippen molar-refractivity contribution in [2.24, 2.45) is 5.92 Å². The average molecular weight is 334 g/mol. The van der Waals surface area contributed by atoms with Gasteiger partial charge in [0.1, 0.15) is 0 Å². The number of rotatable bonds is 4. The van der Waals surface area contributed by atoms with E-state index in [1.807, 2.05) is 43.1 Å². The lowest BCUT2D eigenvalue weighted by molar-refractivity contribution is 0.247. The highest BCUT2D eigenvalue weighted by atomic mass is 15.3. The molecule has 25 heavy (non-hydrogen) atoms. The molecule has 128 valence electrons. The Balaban J connectivity index is 1.41. The van der Waals surface area contributed by atoms with Crippen LogP contribution in [0.3, 0.4) is 0 Å². The van der Waals surface area contributed by atoms with Crippen LogP contribution < -0.4 is 4.90 Å². The Morgan fingerprint density at radius 3 is 2.52 bits per heavy atom. The molecule has 0 bridgehead atoms. The summed E-state index contributed by atoms with van der Waals surface area (Å²) in [6.07, 6.45) is 12.3. The Kier molecular flexibility index (Phi) is 3.63. The first kappa shape index (κ1) is 14.8. The van der Waals surface area contributed by atoms with Crippen LogP contribution in [0, 0.1) is 5.92 Å². The molecule has 0 N–H and O–H groups in total. The van der Waals surface area contributed by atoms with Crippen LogP contribution in [0.1, 0.15) is 12.8 Å². The maximum atomic E-state index is 4.67. The first-order chi connectivity index (χ1) is 12.4. The fraction of sp³-hybridized carbons (Fsp3) is 0.421. The molecular formula is C19H22N6. The van der Waals surface area contributed by atoms with Crippen LogP contribution in [0.2, 0.25) is 0 Å². The first-order valence-electron chi connectivity index (χ1n) is 9.08. The average Bonchev–Trinajstić information content (AvgIpc) is 3.38. The molecule has 2 fully saturated rings. The minimum atomic E-state index is 0.935. The van der Waals surface area contributed by atoms with Crippen molar-refractivity contribution in [3.63, 3.8) is 0 Å². The Morgan fingerprint density at radius 2 is 1.76 bits per heavy atom. The predicted molar refractivity (Wildman–Crippen MR) is 97.6 cm³/mol. The Hall–Kier alpha value is -2.47. The number of aromatic nitrogens is 4. The molecule has 0 spiro atoms. The van der Waals surface area contributed by atoms with Gasteiger partial charge in [0, 0.05) is 63.1 Å². The smallest absolute Gasteiger partial charge is 0.180 e. The highest BCUT2D eigenvalue weighted by Crippen LogP contribution is 2.30. The van der Waals surface area contributed by atoms with Gasteiger partial charge in [0.05, 0.1) is 11.9 Å². The molecule has 0 amide bonds. The molecule has 1 aliphatic carbocycles. The van der Waals surface area contributed by atoms with Gasteiger partial charge in [0.25, 0.3) is 0 Å². The number of hydrogen-bond donors (Lipinski definition) is 0. The molecule has 3 aromatic rings. The zero-order chi connectivity index (χ0) is 16.6. The van der Waals surface area contributed by atoms with Crippen LogP contribution in [0.25, 0.3) is 16.9 Å². The van der Waals surface area contributed by atoms with Crippen molar-refractivity contribution in [3.8, 4) is 11.3 Å². The second-order valence-electron chi connectivity index (χ2n) is 7.05. The summed E-state index contributed by atoms with van der Waals surface area (Å²) in [7, 11) is 0. The molecule has 1 saturated heterocycles. The van der Waals surface area contributed by atoms with Crippen molar-refractivity contribution < 1.29 is 0 Å². The van der Waals surface area contributed by atoms with Crippen molar-refractivity contribution in [3.05, 3.63) is 43.1 Å². The van der Waals surface area contributed by atoms with Crippen LogP contribution in [0.15, 0.2) is 43.1 Å². The maximum Gasteiger partial charge on any atom is 0.180 e. The number of imidazole rings is 1. The van der Waals surface area contributed by atoms with Crippen LogP contribution in [-0.4, -0.2) is 57.0 Å². The number of pyridine rings is 1. The van der Waals surface area contributed by atoms with Gasteiger partial charge in [-0.3, -0.25) is 14.3 Å². The Labute approximate surface area is 147 Å². The van der Waals surface area contributed by atoms with Gasteiger partial charge >= 0.3 is 0 Å². The number of hydrogen-bond acceptors (Lipinski definition) is 5. The maximum absolute atomic E-state index is 4.67. The summed E-state index contributed by atoms with van der Waals surface area (Å²) in [5.74, 6) is 1.96. The van der Waals surface area contributed by atoms with Crippen LogP contribution >= 0.6 is 0 Å². The number of piperazine rings is 1. The molecule has 0 radical (unpaired) electrons. The topological polar surface area (TPSA) is 49.6 Å². The first-order valence-corrected chi connectivity index (χ1v) is 9.08. The molecule has 6 heteroatoms.